The standard InChI is InChI=1S/C13H13F2N3/c1-7-12(17-8(2)18-13(7)16-3)11-9(14)5-4-6-10(11)15/h4-6H,1-3H3,(H,16,17,18). The SMILES string of the molecule is CNc1nc(C)nc(-c2c(F)cccc2F)c1C. The van der Waals surface area contributed by atoms with Crippen LogP contribution in [0.15, 0.2) is 18.2 Å². The predicted octanol–water partition coefficient (Wildman–Crippen LogP) is 3.08. The molecule has 0 aliphatic carbocycles. The summed E-state index contributed by atoms with van der Waals surface area (Å²) < 4.78 is 27.5. The monoisotopic (exact) mass is 249 g/mol. The Morgan fingerprint density at radius 3 is 2.22 bits per heavy atom. The fraction of sp³-hybridized carbons (Fsp3) is 0.231. The van der Waals surface area contributed by atoms with Crippen LogP contribution >= 0.6 is 0 Å². The molecule has 0 fully saturated rings. The number of anilines is 1. The third-order valence-electron chi connectivity index (χ3n) is 2.69. The third kappa shape index (κ3) is 2.03. The first-order valence-electron chi connectivity index (χ1n) is 5.52. The lowest BCUT2D eigenvalue weighted by atomic mass is 10.1. The molecule has 5 heteroatoms. The van der Waals surface area contributed by atoms with Crippen molar-refractivity contribution in [2.45, 2.75) is 13.8 Å². The average Bonchev–Trinajstić information content (AvgIpc) is 2.32. The van der Waals surface area contributed by atoms with Gasteiger partial charge in [-0.05, 0) is 26.0 Å². The fourth-order valence-electron chi connectivity index (χ4n) is 1.84. The topological polar surface area (TPSA) is 37.8 Å². The van der Waals surface area contributed by atoms with Gasteiger partial charge in [0.25, 0.3) is 0 Å². The molecule has 0 bridgehead atoms. The Kier molecular flexibility index (Phi) is 3.23. The van der Waals surface area contributed by atoms with Gasteiger partial charge in [-0.2, -0.15) is 0 Å². The molecule has 0 amide bonds. The number of nitrogens with zero attached hydrogens (tertiary/aromatic N) is 2. The van der Waals surface area contributed by atoms with E-state index in [1.54, 1.807) is 20.9 Å². The van der Waals surface area contributed by atoms with Crippen LogP contribution in [0.3, 0.4) is 0 Å². The van der Waals surface area contributed by atoms with Gasteiger partial charge in [-0.25, -0.2) is 18.7 Å². The van der Waals surface area contributed by atoms with Crippen molar-refractivity contribution < 1.29 is 8.78 Å². The minimum Gasteiger partial charge on any atom is -0.373 e. The van der Waals surface area contributed by atoms with Gasteiger partial charge in [0.15, 0.2) is 0 Å². The van der Waals surface area contributed by atoms with Crippen molar-refractivity contribution in [2.75, 3.05) is 12.4 Å². The maximum Gasteiger partial charge on any atom is 0.135 e. The Labute approximate surface area is 104 Å². The van der Waals surface area contributed by atoms with Gasteiger partial charge in [0.05, 0.1) is 11.3 Å². The molecule has 2 aromatic rings. The second-order valence-corrected chi connectivity index (χ2v) is 3.94. The zero-order valence-corrected chi connectivity index (χ0v) is 10.4. The maximum absolute atomic E-state index is 13.8. The zero-order valence-electron chi connectivity index (χ0n) is 10.4. The molecular formula is C13H13F2N3. The normalized spacial score (nSPS) is 10.5. The van der Waals surface area contributed by atoms with E-state index in [0.717, 1.165) is 0 Å². The quantitative estimate of drug-likeness (QED) is 0.888. The molecule has 1 aromatic heterocycles. The van der Waals surface area contributed by atoms with E-state index in [2.05, 4.69) is 15.3 Å². The molecule has 0 saturated carbocycles. The molecule has 0 atom stereocenters. The predicted molar refractivity (Wildman–Crippen MR) is 66.4 cm³/mol. The van der Waals surface area contributed by atoms with E-state index in [4.69, 9.17) is 0 Å². The van der Waals surface area contributed by atoms with Crippen molar-refractivity contribution >= 4 is 5.82 Å². The summed E-state index contributed by atoms with van der Waals surface area (Å²) in [4.78, 5) is 8.31. The first-order chi connectivity index (χ1) is 8.54. The number of benzene rings is 1. The Balaban J connectivity index is 2.75. The van der Waals surface area contributed by atoms with Gasteiger partial charge in [-0.15, -0.1) is 0 Å². The molecule has 0 spiro atoms. The molecule has 1 N–H and O–H groups in total. The smallest absolute Gasteiger partial charge is 0.135 e. The van der Waals surface area contributed by atoms with Gasteiger partial charge in [0.1, 0.15) is 23.3 Å². The van der Waals surface area contributed by atoms with Gasteiger partial charge in [-0.3, -0.25) is 0 Å². The zero-order chi connectivity index (χ0) is 13.3. The Morgan fingerprint density at radius 1 is 1.06 bits per heavy atom. The van der Waals surface area contributed by atoms with E-state index in [1.807, 2.05) is 0 Å². The summed E-state index contributed by atoms with van der Waals surface area (Å²) in [6.07, 6.45) is 0. The lowest BCUT2D eigenvalue weighted by Crippen LogP contribution is -2.04. The van der Waals surface area contributed by atoms with Crippen molar-refractivity contribution in [1.29, 1.82) is 0 Å². The molecule has 1 aromatic carbocycles. The molecule has 0 aliphatic rings. The van der Waals surface area contributed by atoms with Gasteiger partial charge in [0.2, 0.25) is 0 Å². The minimum absolute atomic E-state index is 0.114. The largest absolute Gasteiger partial charge is 0.373 e. The van der Waals surface area contributed by atoms with Gasteiger partial charge in [-0.1, -0.05) is 6.07 Å². The van der Waals surface area contributed by atoms with Crippen LogP contribution in [0.1, 0.15) is 11.4 Å². The summed E-state index contributed by atoms with van der Waals surface area (Å²) in [6.45, 7) is 3.41. The second kappa shape index (κ2) is 4.68. The van der Waals surface area contributed by atoms with Crippen molar-refractivity contribution in [1.82, 2.24) is 9.97 Å². The molecule has 94 valence electrons. The highest BCUT2D eigenvalue weighted by Crippen LogP contribution is 2.29. The Morgan fingerprint density at radius 2 is 1.67 bits per heavy atom. The second-order valence-electron chi connectivity index (χ2n) is 3.94. The Bertz CT molecular complexity index is 577. The lowest BCUT2D eigenvalue weighted by molar-refractivity contribution is 0.588. The molecule has 18 heavy (non-hydrogen) atoms. The van der Waals surface area contributed by atoms with Crippen molar-refractivity contribution in [2.24, 2.45) is 0 Å². The van der Waals surface area contributed by atoms with Gasteiger partial charge < -0.3 is 5.32 Å². The van der Waals surface area contributed by atoms with E-state index < -0.39 is 11.6 Å². The summed E-state index contributed by atoms with van der Waals surface area (Å²) in [5.41, 5.74) is 0.784. The molecule has 0 saturated heterocycles. The molecule has 0 unspecified atom stereocenters. The lowest BCUT2D eigenvalue weighted by Gasteiger charge is -2.12. The summed E-state index contributed by atoms with van der Waals surface area (Å²) >= 11 is 0. The van der Waals surface area contributed by atoms with E-state index in [0.29, 0.717) is 17.2 Å². The number of aryl methyl sites for hydroxylation is 1. The van der Waals surface area contributed by atoms with Crippen molar-refractivity contribution in [3.63, 3.8) is 0 Å². The molecule has 1 heterocycles. The van der Waals surface area contributed by atoms with E-state index in [9.17, 15) is 8.78 Å². The molecular weight excluding hydrogens is 236 g/mol. The number of hydrogen-bond acceptors (Lipinski definition) is 3. The number of halogens is 2. The summed E-state index contributed by atoms with van der Waals surface area (Å²) in [5, 5.41) is 2.89. The number of aromatic nitrogens is 2. The fourth-order valence-corrected chi connectivity index (χ4v) is 1.84. The maximum atomic E-state index is 13.8. The summed E-state index contributed by atoms with van der Waals surface area (Å²) in [7, 11) is 1.70. The van der Waals surface area contributed by atoms with E-state index in [1.165, 1.54) is 18.2 Å². The van der Waals surface area contributed by atoms with Crippen LogP contribution in [0.25, 0.3) is 11.3 Å². The summed E-state index contributed by atoms with van der Waals surface area (Å²) in [6, 6.07) is 3.76. The van der Waals surface area contributed by atoms with E-state index >= 15 is 0 Å². The highest BCUT2D eigenvalue weighted by Gasteiger charge is 2.17. The van der Waals surface area contributed by atoms with Gasteiger partial charge >= 0.3 is 0 Å². The molecule has 2 rings (SSSR count). The summed E-state index contributed by atoms with van der Waals surface area (Å²) in [5.74, 6) is -0.223. The van der Waals surface area contributed by atoms with Crippen LogP contribution in [0, 0.1) is 25.5 Å². The van der Waals surface area contributed by atoms with Crippen molar-refractivity contribution in [3.8, 4) is 11.3 Å². The minimum atomic E-state index is -0.627. The highest BCUT2D eigenvalue weighted by atomic mass is 19.1. The average molecular weight is 249 g/mol. The molecule has 0 radical (unpaired) electrons. The number of rotatable bonds is 2. The van der Waals surface area contributed by atoms with Crippen LogP contribution in [0.2, 0.25) is 0 Å². The third-order valence-corrected chi connectivity index (χ3v) is 2.69. The Hall–Kier alpha value is -2.04. The number of hydrogen-bond donors (Lipinski definition) is 1. The van der Waals surface area contributed by atoms with Crippen molar-refractivity contribution in [3.05, 3.63) is 41.2 Å². The van der Waals surface area contributed by atoms with Crippen LogP contribution < -0.4 is 5.32 Å². The number of nitrogens with one attached hydrogen (secondary N) is 1. The van der Waals surface area contributed by atoms with E-state index in [-0.39, 0.29) is 11.3 Å². The van der Waals surface area contributed by atoms with Gasteiger partial charge in [0, 0.05) is 12.6 Å². The first-order valence-corrected chi connectivity index (χ1v) is 5.52. The first kappa shape index (κ1) is 12.4. The molecule has 3 nitrogen and oxygen atoms in total. The van der Waals surface area contributed by atoms with Crippen LogP contribution in [0.4, 0.5) is 14.6 Å². The molecule has 0 aliphatic heterocycles. The van der Waals surface area contributed by atoms with Crippen LogP contribution in [-0.2, 0) is 0 Å². The highest BCUT2D eigenvalue weighted by molar-refractivity contribution is 5.69. The van der Waals surface area contributed by atoms with Crippen LogP contribution in [-0.4, -0.2) is 17.0 Å². The van der Waals surface area contributed by atoms with Crippen LogP contribution in [0.5, 0.6) is 0 Å².